The van der Waals surface area contributed by atoms with Crippen LogP contribution >= 0.6 is 32.1 Å². The van der Waals surface area contributed by atoms with Crippen molar-refractivity contribution in [3.63, 3.8) is 0 Å². The molecule has 0 aromatic rings. The van der Waals surface area contributed by atoms with Crippen LogP contribution in [0.15, 0.2) is 0 Å². The predicted octanol–water partition coefficient (Wildman–Crippen LogP) is 15.0. The van der Waals surface area contributed by atoms with Crippen LogP contribution in [0.4, 0.5) is 0 Å². The van der Waals surface area contributed by atoms with Gasteiger partial charge in [-0.15, -0.1) is 0 Å². The van der Waals surface area contributed by atoms with Crippen molar-refractivity contribution in [2.75, 3.05) is 24.6 Å². The Kier molecular flexibility index (Phi) is 79.7. The zero-order valence-corrected chi connectivity index (χ0v) is 46.8. The molecule has 0 heterocycles. The van der Waals surface area contributed by atoms with Gasteiger partial charge < -0.3 is 37.8 Å². The minimum absolute atomic E-state index is 0. The van der Waals surface area contributed by atoms with Crippen molar-refractivity contribution in [2.45, 2.75) is 285 Å². The van der Waals surface area contributed by atoms with E-state index < -0.39 is 32.1 Å². The van der Waals surface area contributed by atoms with Crippen molar-refractivity contribution in [1.82, 2.24) is 0 Å². The van der Waals surface area contributed by atoms with Crippen LogP contribution in [0.2, 0.25) is 0 Å². The maximum absolute atomic E-state index is 10.3. The summed E-state index contributed by atoms with van der Waals surface area (Å²) in [5, 5.41) is 0. The van der Waals surface area contributed by atoms with Crippen LogP contribution in [0.25, 0.3) is 0 Å². The third-order valence-corrected chi connectivity index (χ3v) is 14.0. The van der Waals surface area contributed by atoms with Crippen molar-refractivity contribution < 1.29 is 58.9 Å². The molecule has 13 heteroatoms. The molecular weight excluding hydrogens is 924 g/mol. The molecular formula is C48H104MoO8P4. The monoisotopic (exact) mass is 1030 g/mol. The first-order chi connectivity index (χ1) is 29.1. The molecule has 8 nitrogen and oxygen atoms in total. The molecule has 0 aliphatic rings. The Morgan fingerprint density at radius 3 is 0.410 bits per heavy atom. The summed E-state index contributed by atoms with van der Waals surface area (Å²) in [6.07, 6.45) is 52.0. The summed E-state index contributed by atoms with van der Waals surface area (Å²) in [6.45, 7) is 8.95. The summed E-state index contributed by atoms with van der Waals surface area (Å²) < 4.78 is 41.2. The Balaban J connectivity index is -0.000000227. The Labute approximate surface area is 398 Å². The normalized spacial score (nSPS) is 12.7. The van der Waals surface area contributed by atoms with Crippen LogP contribution in [0, 0.1) is 0 Å². The quantitative estimate of drug-likeness (QED) is 0.0331. The van der Waals surface area contributed by atoms with E-state index in [-0.39, 0.29) is 21.1 Å². The average Bonchev–Trinajstić information content (AvgIpc) is 3.21. The second-order valence-electron chi connectivity index (χ2n) is 17.2. The van der Waals surface area contributed by atoms with Crippen molar-refractivity contribution in [1.29, 1.82) is 0 Å². The summed E-state index contributed by atoms with van der Waals surface area (Å²) in [6, 6.07) is 0. The van der Waals surface area contributed by atoms with E-state index in [0.717, 1.165) is 51.4 Å². The minimum Gasteiger partial charge on any atom is -0.802 e. The molecule has 0 fully saturated rings. The zero-order chi connectivity index (χ0) is 45.4. The van der Waals surface area contributed by atoms with Gasteiger partial charge in [-0.2, -0.15) is 0 Å². The number of rotatable bonds is 44. The average molecular weight is 1030 g/mol. The molecule has 0 aromatic heterocycles. The van der Waals surface area contributed by atoms with E-state index in [0.29, 0.717) is 24.6 Å². The molecule has 0 aliphatic carbocycles. The summed E-state index contributed by atoms with van der Waals surface area (Å²) in [4.78, 5) is 41.2. The van der Waals surface area contributed by atoms with E-state index in [4.69, 9.17) is 0 Å². The molecule has 0 spiro atoms. The van der Waals surface area contributed by atoms with Crippen LogP contribution < -0.4 is 19.6 Å². The van der Waals surface area contributed by atoms with Gasteiger partial charge >= 0.3 is 21.1 Å². The maximum Gasteiger partial charge on any atom is 4.00 e. The Morgan fingerprint density at radius 1 is 0.213 bits per heavy atom. The van der Waals surface area contributed by atoms with E-state index in [2.05, 4.69) is 27.7 Å². The fourth-order valence-electron chi connectivity index (χ4n) is 7.03. The molecule has 0 saturated heterocycles. The van der Waals surface area contributed by atoms with Gasteiger partial charge in [-0.25, -0.2) is 0 Å². The molecule has 61 heavy (non-hydrogen) atoms. The Bertz CT molecular complexity index is 738. The van der Waals surface area contributed by atoms with Crippen molar-refractivity contribution >= 4 is 32.1 Å². The van der Waals surface area contributed by atoms with Crippen LogP contribution in [0.3, 0.4) is 0 Å². The van der Waals surface area contributed by atoms with Gasteiger partial charge in [-0.3, -0.25) is 0 Å². The topological polar surface area (TPSA) is 161 Å². The van der Waals surface area contributed by atoms with Crippen LogP contribution in [-0.2, 0) is 39.3 Å². The minimum atomic E-state index is -2.44. The van der Waals surface area contributed by atoms with Gasteiger partial charge in [0.05, 0.1) is 0 Å². The zero-order valence-electron chi connectivity index (χ0n) is 40.8. The molecule has 0 N–H and O–H groups in total. The van der Waals surface area contributed by atoms with Gasteiger partial charge in [-0.05, 0) is 50.3 Å². The van der Waals surface area contributed by atoms with E-state index in [1.54, 1.807) is 0 Å². The Hall–Kier alpha value is 1.45. The molecule has 0 amide bonds. The van der Waals surface area contributed by atoms with Crippen molar-refractivity contribution in [2.24, 2.45) is 0 Å². The molecule has 0 bridgehead atoms. The van der Waals surface area contributed by atoms with Gasteiger partial charge in [0.2, 0.25) is 0 Å². The first-order valence-electron chi connectivity index (χ1n) is 25.9. The van der Waals surface area contributed by atoms with Crippen LogP contribution in [0.1, 0.15) is 285 Å². The molecule has 0 saturated carbocycles. The molecule has 0 rings (SSSR count). The second-order valence-corrected chi connectivity index (χ2v) is 22.2. The first kappa shape index (κ1) is 71.4. The van der Waals surface area contributed by atoms with E-state index in [1.165, 1.54) is 205 Å². The summed E-state index contributed by atoms with van der Waals surface area (Å²) in [5.41, 5.74) is 0. The standard InChI is InChI=1S/4C12H27O2P.Mo/c4*1-2-3-4-5-6-7-8-9-10-11-12-15(13)14;/h4*15H,2-12H2,1H3,(H,13,14);/q;;;;+4/p-4. The van der Waals surface area contributed by atoms with Crippen molar-refractivity contribution in [3.8, 4) is 0 Å². The van der Waals surface area contributed by atoms with Gasteiger partial charge in [0, 0.05) is 32.1 Å². The van der Waals surface area contributed by atoms with Crippen LogP contribution in [0.5, 0.6) is 0 Å². The number of unbranched alkanes of at least 4 members (excludes halogenated alkanes) is 36. The van der Waals surface area contributed by atoms with Gasteiger partial charge in [0.25, 0.3) is 0 Å². The van der Waals surface area contributed by atoms with E-state index >= 15 is 0 Å². The second kappa shape index (κ2) is 68.0. The third-order valence-electron chi connectivity index (χ3n) is 10.9. The molecule has 4 atom stereocenters. The van der Waals surface area contributed by atoms with E-state index in [9.17, 15) is 37.8 Å². The van der Waals surface area contributed by atoms with Gasteiger partial charge in [0.15, 0.2) is 0 Å². The molecule has 0 radical (unpaired) electrons. The fourth-order valence-corrected chi connectivity index (χ4v) is 9.18. The van der Waals surface area contributed by atoms with Crippen molar-refractivity contribution in [3.05, 3.63) is 0 Å². The smallest absolute Gasteiger partial charge is 0.802 e. The summed E-state index contributed by atoms with van der Waals surface area (Å²) >= 11 is 0. The van der Waals surface area contributed by atoms with Crippen LogP contribution in [-0.4, -0.2) is 24.6 Å². The first-order valence-corrected chi connectivity index (χ1v) is 32.0. The van der Waals surface area contributed by atoms with Gasteiger partial charge in [-0.1, -0.05) is 259 Å². The molecule has 0 aliphatic heterocycles. The molecule has 4 unspecified atom stereocenters. The van der Waals surface area contributed by atoms with E-state index in [1.807, 2.05) is 0 Å². The fraction of sp³-hybridized carbons (Fsp3) is 1.00. The summed E-state index contributed by atoms with van der Waals surface area (Å²) in [7, 11) is -9.77. The predicted molar refractivity (Wildman–Crippen MR) is 263 cm³/mol. The molecule has 370 valence electrons. The SMILES string of the molecule is CCCCCCCCCCCC[PH](=O)[O-].CCCCCCCCCCCC[PH](=O)[O-].CCCCCCCCCCCC[PH](=O)[O-].CCCCCCCCCCCC[PH](=O)[O-].[Mo+4]. The maximum atomic E-state index is 10.3. The number of hydrogen-bond acceptors (Lipinski definition) is 8. The summed E-state index contributed by atoms with van der Waals surface area (Å²) in [5.74, 6) is 0. The Morgan fingerprint density at radius 2 is 0.311 bits per heavy atom. The third kappa shape index (κ3) is 88.8. The molecule has 0 aromatic carbocycles. The largest absolute Gasteiger partial charge is 4.00 e. The van der Waals surface area contributed by atoms with Gasteiger partial charge in [0.1, 0.15) is 0 Å². The number of hydrogen-bond donors (Lipinski definition) is 0.